The van der Waals surface area contributed by atoms with Crippen molar-refractivity contribution in [2.75, 3.05) is 0 Å². The molecule has 24 heavy (non-hydrogen) atoms. The Morgan fingerprint density at radius 3 is 2.42 bits per heavy atom. The summed E-state index contributed by atoms with van der Waals surface area (Å²) in [5.41, 5.74) is 2.58. The predicted molar refractivity (Wildman–Crippen MR) is 96.3 cm³/mol. The first kappa shape index (κ1) is 17.3. The van der Waals surface area contributed by atoms with E-state index in [1.807, 2.05) is 67.6 Å². The van der Waals surface area contributed by atoms with Gasteiger partial charge in [-0.3, -0.25) is 4.99 Å². The van der Waals surface area contributed by atoms with E-state index in [1.165, 1.54) is 0 Å². The molecule has 0 saturated heterocycles. The molecule has 2 rings (SSSR count). The zero-order chi connectivity index (χ0) is 17.2. The smallest absolute Gasteiger partial charge is 0.409 e. The Labute approximate surface area is 142 Å². The van der Waals surface area contributed by atoms with Crippen molar-refractivity contribution in [3.05, 3.63) is 78.0 Å². The third-order valence-corrected chi connectivity index (χ3v) is 3.26. The second kappa shape index (κ2) is 9.15. The van der Waals surface area contributed by atoms with Crippen molar-refractivity contribution in [1.29, 1.82) is 0 Å². The van der Waals surface area contributed by atoms with Crippen LogP contribution in [-0.2, 0) is 11.3 Å². The number of benzene rings is 2. The van der Waals surface area contributed by atoms with E-state index in [-0.39, 0.29) is 12.8 Å². The maximum Gasteiger partial charge on any atom is 0.409 e. The van der Waals surface area contributed by atoms with Gasteiger partial charge in [0.2, 0.25) is 0 Å². The summed E-state index contributed by atoms with van der Waals surface area (Å²) >= 11 is 0. The van der Waals surface area contributed by atoms with Crippen LogP contribution < -0.4 is 10.6 Å². The summed E-state index contributed by atoms with van der Waals surface area (Å²) in [6.07, 6.45) is 0.915. The summed E-state index contributed by atoms with van der Waals surface area (Å²) in [6, 6.07) is 19.2. The Bertz CT molecular complexity index is 684. The van der Waals surface area contributed by atoms with Gasteiger partial charge in [0.05, 0.1) is 11.9 Å². The van der Waals surface area contributed by atoms with Crippen molar-refractivity contribution in [2.45, 2.75) is 19.7 Å². The summed E-state index contributed by atoms with van der Waals surface area (Å²) in [5, 5.41) is 5.76. The normalized spacial score (nSPS) is 12.1. The highest BCUT2D eigenvalue weighted by molar-refractivity contribution is 5.68. The third-order valence-electron chi connectivity index (χ3n) is 3.26. The molecule has 0 aromatic heterocycles. The number of rotatable bonds is 7. The Kier molecular flexibility index (Phi) is 6.58. The SMILES string of the molecule is C=N/C(=C\NC(C)NC(=O)OCc1ccccc1)c1ccccc1. The average molecular weight is 323 g/mol. The lowest BCUT2D eigenvalue weighted by Crippen LogP contribution is -2.41. The van der Waals surface area contributed by atoms with Crippen LogP contribution in [0.25, 0.3) is 5.70 Å². The Balaban J connectivity index is 1.81. The summed E-state index contributed by atoms with van der Waals surface area (Å²) < 4.78 is 5.17. The second-order valence-electron chi connectivity index (χ2n) is 5.15. The molecule has 1 amide bonds. The van der Waals surface area contributed by atoms with Gasteiger partial charge in [0.15, 0.2) is 0 Å². The molecule has 0 aliphatic heterocycles. The van der Waals surface area contributed by atoms with Gasteiger partial charge in [0.1, 0.15) is 6.61 Å². The molecular formula is C19H21N3O2. The molecular weight excluding hydrogens is 302 g/mol. The molecule has 1 unspecified atom stereocenters. The van der Waals surface area contributed by atoms with Gasteiger partial charge in [0, 0.05) is 11.8 Å². The van der Waals surface area contributed by atoms with Crippen molar-refractivity contribution in [1.82, 2.24) is 10.6 Å². The van der Waals surface area contributed by atoms with Crippen molar-refractivity contribution < 1.29 is 9.53 Å². The van der Waals surface area contributed by atoms with Gasteiger partial charge in [-0.1, -0.05) is 60.7 Å². The van der Waals surface area contributed by atoms with Gasteiger partial charge < -0.3 is 15.4 Å². The minimum absolute atomic E-state index is 0.235. The van der Waals surface area contributed by atoms with Crippen LogP contribution in [-0.4, -0.2) is 19.0 Å². The summed E-state index contributed by atoms with van der Waals surface area (Å²) in [5.74, 6) is 0. The number of ether oxygens (including phenoxy) is 1. The van der Waals surface area contributed by atoms with Crippen molar-refractivity contribution in [3.63, 3.8) is 0 Å². The lowest BCUT2D eigenvalue weighted by molar-refractivity contribution is 0.135. The van der Waals surface area contributed by atoms with E-state index >= 15 is 0 Å². The molecule has 0 aliphatic carbocycles. The number of carbonyl (C=O) groups is 1. The summed E-state index contributed by atoms with van der Waals surface area (Å²) in [6.45, 7) is 5.62. The highest BCUT2D eigenvalue weighted by Gasteiger charge is 2.07. The predicted octanol–water partition coefficient (Wildman–Crippen LogP) is 3.55. The molecule has 0 radical (unpaired) electrons. The minimum atomic E-state index is -0.486. The first-order chi connectivity index (χ1) is 11.7. The molecule has 2 N–H and O–H groups in total. The van der Waals surface area contributed by atoms with E-state index in [0.29, 0.717) is 5.70 Å². The van der Waals surface area contributed by atoms with Crippen molar-refractivity contribution in [2.24, 2.45) is 4.99 Å². The standard InChI is InChI=1S/C19H21N3O2/c1-15(21-13-18(20-2)17-11-7-4-8-12-17)22-19(23)24-14-16-9-5-3-6-10-16/h3-13,15,21H,2,14H2,1H3,(H,22,23)/b18-13-. The topological polar surface area (TPSA) is 62.7 Å². The fourth-order valence-electron chi connectivity index (χ4n) is 2.02. The zero-order valence-electron chi connectivity index (χ0n) is 13.6. The van der Waals surface area contributed by atoms with Crippen molar-refractivity contribution in [3.8, 4) is 0 Å². The number of nitrogens with zero attached hydrogens (tertiary/aromatic N) is 1. The number of hydrogen-bond donors (Lipinski definition) is 2. The van der Waals surface area contributed by atoms with Crippen LogP contribution >= 0.6 is 0 Å². The number of aliphatic imine (C=N–C) groups is 1. The van der Waals surface area contributed by atoms with Crippen LogP contribution in [0.4, 0.5) is 4.79 Å². The monoisotopic (exact) mass is 323 g/mol. The number of carbonyl (C=O) groups excluding carboxylic acids is 1. The molecule has 0 bridgehead atoms. The minimum Gasteiger partial charge on any atom is -0.445 e. The van der Waals surface area contributed by atoms with E-state index in [2.05, 4.69) is 22.3 Å². The Morgan fingerprint density at radius 2 is 1.79 bits per heavy atom. The van der Waals surface area contributed by atoms with Crippen LogP contribution in [0.3, 0.4) is 0 Å². The van der Waals surface area contributed by atoms with Gasteiger partial charge in [-0.25, -0.2) is 4.79 Å². The van der Waals surface area contributed by atoms with Crippen LogP contribution in [0.15, 0.2) is 71.9 Å². The molecule has 124 valence electrons. The van der Waals surface area contributed by atoms with E-state index in [9.17, 15) is 4.79 Å². The van der Waals surface area contributed by atoms with Gasteiger partial charge in [-0.2, -0.15) is 0 Å². The number of hydrogen-bond acceptors (Lipinski definition) is 4. The molecule has 0 fully saturated rings. The fourth-order valence-corrected chi connectivity index (χ4v) is 2.02. The first-order valence-electron chi connectivity index (χ1n) is 7.64. The molecule has 2 aromatic carbocycles. The van der Waals surface area contributed by atoms with Crippen molar-refractivity contribution >= 4 is 18.5 Å². The molecule has 0 heterocycles. The molecule has 5 heteroatoms. The van der Waals surface area contributed by atoms with Gasteiger partial charge in [0.25, 0.3) is 0 Å². The van der Waals surface area contributed by atoms with Crippen LogP contribution in [0.5, 0.6) is 0 Å². The quantitative estimate of drug-likeness (QED) is 0.605. The van der Waals surface area contributed by atoms with E-state index in [0.717, 1.165) is 11.1 Å². The lowest BCUT2D eigenvalue weighted by Gasteiger charge is -2.15. The molecule has 0 aliphatic rings. The second-order valence-corrected chi connectivity index (χ2v) is 5.15. The molecule has 2 aromatic rings. The maximum atomic E-state index is 11.8. The van der Waals surface area contributed by atoms with Gasteiger partial charge >= 0.3 is 6.09 Å². The van der Waals surface area contributed by atoms with Gasteiger partial charge in [-0.05, 0) is 19.2 Å². The van der Waals surface area contributed by atoms with Crippen LogP contribution in [0, 0.1) is 0 Å². The largest absolute Gasteiger partial charge is 0.445 e. The van der Waals surface area contributed by atoms with Crippen LogP contribution in [0.1, 0.15) is 18.1 Å². The first-order valence-corrected chi connectivity index (χ1v) is 7.64. The summed E-state index contributed by atoms with van der Waals surface area (Å²) in [4.78, 5) is 15.8. The van der Waals surface area contributed by atoms with E-state index < -0.39 is 6.09 Å². The number of nitrogens with one attached hydrogen (secondary N) is 2. The summed E-state index contributed by atoms with van der Waals surface area (Å²) in [7, 11) is 0. The average Bonchev–Trinajstić information content (AvgIpc) is 2.62. The lowest BCUT2D eigenvalue weighted by atomic mass is 10.2. The molecule has 0 spiro atoms. The maximum absolute atomic E-state index is 11.8. The van der Waals surface area contributed by atoms with Crippen LogP contribution in [0.2, 0.25) is 0 Å². The van der Waals surface area contributed by atoms with Gasteiger partial charge in [-0.15, -0.1) is 0 Å². The molecule has 1 atom stereocenters. The number of amides is 1. The zero-order valence-corrected chi connectivity index (χ0v) is 13.6. The number of alkyl carbamates (subject to hydrolysis) is 1. The highest BCUT2D eigenvalue weighted by Crippen LogP contribution is 2.13. The Morgan fingerprint density at radius 1 is 1.17 bits per heavy atom. The molecule has 0 saturated carbocycles. The Hall–Kier alpha value is -3.08. The highest BCUT2D eigenvalue weighted by atomic mass is 16.5. The van der Waals surface area contributed by atoms with E-state index in [4.69, 9.17) is 4.74 Å². The van der Waals surface area contributed by atoms with E-state index in [1.54, 1.807) is 6.20 Å². The fraction of sp³-hybridized carbons (Fsp3) is 0.158. The molecule has 5 nitrogen and oxygen atoms in total. The third kappa shape index (κ3) is 5.61.